The summed E-state index contributed by atoms with van der Waals surface area (Å²) in [7, 11) is -3.09. The smallest absolute Gasteiger partial charge is 0.178 e. The number of fused-ring (bicyclic) bond motifs is 1. The summed E-state index contributed by atoms with van der Waals surface area (Å²) < 4.78 is 29.3. The van der Waals surface area contributed by atoms with Crippen LogP contribution >= 0.6 is 0 Å². The van der Waals surface area contributed by atoms with Gasteiger partial charge in [-0.05, 0) is 18.1 Å². The van der Waals surface area contributed by atoms with Crippen LogP contribution in [-0.2, 0) is 14.6 Å². The Balaban J connectivity index is 1.80. The summed E-state index contributed by atoms with van der Waals surface area (Å²) in [5, 5.41) is 3.51. The normalized spacial score (nSPS) is 27.3. The molecule has 0 aliphatic carbocycles. The van der Waals surface area contributed by atoms with Crippen LogP contribution in [0.1, 0.15) is 24.9 Å². The van der Waals surface area contributed by atoms with Crippen LogP contribution in [0, 0.1) is 5.41 Å². The average molecular weight is 281 g/mol. The Kier molecular flexibility index (Phi) is 3.15. The van der Waals surface area contributed by atoms with Crippen LogP contribution in [0.15, 0.2) is 29.2 Å². The number of hydrogen-bond acceptors (Lipinski definition) is 4. The van der Waals surface area contributed by atoms with E-state index in [1.165, 1.54) is 0 Å². The van der Waals surface area contributed by atoms with Gasteiger partial charge >= 0.3 is 0 Å². The quantitative estimate of drug-likeness (QED) is 0.913. The molecule has 1 aromatic rings. The van der Waals surface area contributed by atoms with Gasteiger partial charge in [0.05, 0.1) is 23.9 Å². The summed E-state index contributed by atoms with van der Waals surface area (Å²) in [5.74, 6) is 0.231. The van der Waals surface area contributed by atoms with Crippen molar-refractivity contribution >= 4 is 9.84 Å². The van der Waals surface area contributed by atoms with E-state index in [2.05, 4.69) is 12.2 Å². The molecular formula is C14H19NO3S. The molecule has 104 valence electrons. The van der Waals surface area contributed by atoms with Gasteiger partial charge in [-0.25, -0.2) is 8.42 Å². The van der Waals surface area contributed by atoms with E-state index in [0.717, 1.165) is 25.3 Å². The second-order valence-corrected chi connectivity index (χ2v) is 7.96. The molecular weight excluding hydrogens is 262 g/mol. The zero-order valence-corrected chi connectivity index (χ0v) is 11.9. The van der Waals surface area contributed by atoms with Crippen LogP contribution in [0.5, 0.6) is 0 Å². The van der Waals surface area contributed by atoms with Gasteiger partial charge in [0.15, 0.2) is 9.84 Å². The number of sulfone groups is 1. The lowest BCUT2D eigenvalue weighted by molar-refractivity contribution is -0.100. The van der Waals surface area contributed by atoms with E-state index in [-0.39, 0.29) is 17.2 Å². The Labute approximate surface area is 114 Å². The number of rotatable bonds is 3. The predicted molar refractivity (Wildman–Crippen MR) is 72.8 cm³/mol. The molecule has 1 saturated heterocycles. The molecule has 1 unspecified atom stereocenters. The van der Waals surface area contributed by atoms with Crippen molar-refractivity contribution in [2.45, 2.75) is 24.3 Å². The number of ether oxygens (including phenoxy) is 1. The van der Waals surface area contributed by atoms with Gasteiger partial charge in [-0.2, -0.15) is 0 Å². The van der Waals surface area contributed by atoms with E-state index in [1.807, 2.05) is 12.1 Å². The standard InChI is InChI=1S/C14H19NO3S/c1-14(9-18-10-14)8-15-12-6-7-19(16,17)13-5-3-2-4-11(12)13/h2-5,12,15H,6-10H2,1H3. The van der Waals surface area contributed by atoms with Gasteiger partial charge < -0.3 is 10.1 Å². The van der Waals surface area contributed by atoms with Crippen molar-refractivity contribution in [2.75, 3.05) is 25.5 Å². The molecule has 5 heteroatoms. The third kappa shape index (κ3) is 2.42. The molecule has 4 nitrogen and oxygen atoms in total. The fraction of sp³-hybridized carbons (Fsp3) is 0.571. The topological polar surface area (TPSA) is 55.4 Å². The molecule has 0 bridgehead atoms. The molecule has 1 fully saturated rings. The summed E-state index contributed by atoms with van der Waals surface area (Å²) in [4.78, 5) is 0.494. The molecule has 1 atom stereocenters. The highest BCUT2D eigenvalue weighted by molar-refractivity contribution is 7.91. The SMILES string of the molecule is CC1(CNC2CCS(=O)(=O)c3ccccc32)COC1. The van der Waals surface area contributed by atoms with E-state index in [1.54, 1.807) is 12.1 Å². The molecule has 19 heavy (non-hydrogen) atoms. The molecule has 0 radical (unpaired) electrons. The van der Waals surface area contributed by atoms with Crippen molar-refractivity contribution in [3.05, 3.63) is 29.8 Å². The summed E-state index contributed by atoms with van der Waals surface area (Å²) in [6.45, 7) is 4.63. The Morgan fingerprint density at radius 2 is 2.11 bits per heavy atom. The van der Waals surface area contributed by atoms with Crippen LogP contribution in [0.4, 0.5) is 0 Å². The van der Waals surface area contributed by atoms with Crippen molar-refractivity contribution in [2.24, 2.45) is 5.41 Å². The number of benzene rings is 1. The highest BCUT2D eigenvalue weighted by atomic mass is 32.2. The summed E-state index contributed by atoms with van der Waals surface area (Å²) in [5.41, 5.74) is 1.11. The van der Waals surface area contributed by atoms with E-state index in [9.17, 15) is 8.42 Å². The Bertz CT molecular complexity index is 578. The molecule has 2 aliphatic rings. The van der Waals surface area contributed by atoms with Gasteiger partial charge in [-0.15, -0.1) is 0 Å². The van der Waals surface area contributed by atoms with Crippen molar-refractivity contribution < 1.29 is 13.2 Å². The van der Waals surface area contributed by atoms with Gasteiger partial charge in [0.25, 0.3) is 0 Å². The van der Waals surface area contributed by atoms with Gasteiger partial charge in [-0.3, -0.25) is 0 Å². The van der Waals surface area contributed by atoms with Crippen LogP contribution in [0.25, 0.3) is 0 Å². The largest absolute Gasteiger partial charge is 0.380 e. The fourth-order valence-electron chi connectivity index (χ4n) is 2.72. The zero-order valence-electron chi connectivity index (χ0n) is 11.1. The highest BCUT2D eigenvalue weighted by Crippen LogP contribution is 2.33. The third-order valence-corrected chi connectivity index (χ3v) is 5.80. The lowest BCUT2D eigenvalue weighted by Gasteiger charge is -2.40. The maximum Gasteiger partial charge on any atom is 0.178 e. The summed E-state index contributed by atoms with van der Waals surface area (Å²) in [6, 6.07) is 7.47. The van der Waals surface area contributed by atoms with Gasteiger partial charge in [0.1, 0.15) is 0 Å². The minimum absolute atomic E-state index is 0.136. The molecule has 0 spiro atoms. The molecule has 0 amide bonds. The number of hydrogen-bond donors (Lipinski definition) is 1. The Morgan fingerprint density at radius 3 is 2.79 bits per heavy atom. The second-order valence-electron chi connectivity index (χ2n) is 5.88. The van der Waals surface area contributed by atoms with Crippen LogP contribution in [0.3, 0.4) is 0 Å². The van der Waals surface area contributed by atoms with Gasteiger partial charge in [0.2, 0.25) is 0 Å². The van der Waals surface area contributed by atoms with E-state index in [0.29, 0.717) is 11.3 Å². The average Bonchev–Trinajstić information content (AvgIpc) is 2.36. The molecule has 2 heterocycles. The van der Waals surface area contributed by atoms with Crippen molar-refractivity contribution in [1.82, 2.24) is 5.32 Å². The van der Waals surface area contributed by atoms with E-state index < -0.39 is 9.84 Å². The maximum atomic E-state index is 12.0. The van der Waals surface area contributed by atoms with Crippen LogP contribution in [0.2, 0.25) is 0 Å². The lowest BCUT2D eigenvalue weighted by Crippen LogP contribution is -2.48. The molecule has 0 saturated carbocycles. The van der Waals surface area contributed by atoms with Crippen molar-refractivity contribution in [1.29, 1.82) is 0 Å². The fourth-order valence-corrected chi connectivity index (χ4v) is 4.35. The monoisotopic (exact) mass is 281 g/mol. The first-order chi connectivity index (χ1) is 9.00. The molecule has 1 N–H and O–H groups in total. The minimum Gasteiger partial charge on any atom is -0.380 e. The lowest BCUT2D eigenvalue weighted by atomic mass is 9.88. The maximum absolute atomic E-state index is 12.0. The van der Waals surface area contributed by atoms with E-state index in [4.69, 9.17) is 4.74 Å². The Hall–Kier alpha value is -0.910. The molecule has 0 aromatic heterocycles. The minimum atomic E-state index is -3.09. The first-order valence-electron chi connectivity index (χ1n) is 6.63. The predicted octanol–water partition coefficient (Wildman–Crippen LogP) is 1.53. The molecule has 3 rings (SSSR count). The zero-order chi connectivity index (χ0) is 13.5. The number of nitrogens with one attached hydrogen (secondary N) is 1. The van der Waals surface area contributed by atoms with Crippen LogP contribution in [-0.4, -0.2) is 33.9 Å². The first-order valence-corrected chi connectivity index (χ1v) is 8.28. The van der Waals surface area contributed by atoms with Crippen molar-refractivity contribution in [3.8, 4) is 0 Å². The summed E-state index contributed by atoms with van der Waals surface area (Å²) >= 11 is 0. The Morgan fingerprint density at radius 1 is 1.37 bits per heavy atom. The molecule has 1 aromatic carbocycles. The van der Waals surface area contributed by atoms with Crippen LogP contribution < -0.4 is 5.32 Å². The highest BCUT2D eigenvalue weighted by Gasteiger charge is 2.35. The third-order valence-electron chi connectivity index (χ3n) is 3.98. The van der Waals surface area contributed by atoms with E-state index >= 15 is 0 Å². The van der Waals surface area contributed by atoms with Gasteiger partial charge in [0, 0.05) is 18.0 Å². The summed E-state index contributed by atoms with van der Waals surface area (Å²) in [6.07, 6.45) is 0.649. The van der Waals surface area contributed by atoms with Gasteiger partial charge in [-0.1, -0.05) is 25.1 Å². The van der Waals surface area contributed by atoms with Crippen molar-refractivity contribution in [3.63, 3.8) is 0 Å². The molecule has 2 aliphatic heterocycles. The first kappa shape index (κ1) is 13.1. The second kappa shape index (κ2) is 4.58.